The van der Waals surface area contributed by atoms with E-state index >= 15 is 0 Å². The average Bonchev–Trinajstić information content (AvgIpc) is 3.20. The lowest BCUT2D eigenvalue weighted by Crippen LogP contribution is -2.24. The van der Waals surface area contributed by atoms with Gasteiger partial charge in [0.2, 0.25) is 5.88 Å². The van der Waals surface area contributed by atoms with E-state index in [9.17, 15) is 9.90 Å². The van der Waals surface area contributed by atoms with E-state index in [1.807, 2.05) is 0 Å². The molecule has 0 aliphatic rings. The van der Waals surface area contributed by atoms with E-state index in [2.05, 4.69) is 30.2 Å². The normalized spacial score (nSPS) is 11.4. The highest BCUT2D eigenvalue weighted by Gasteiger charge is 2.17. The summed E-state index contributed by atoms with van der Waals surface area (Å²) in [5, 5.41) is 20.3. The number of hydrogen-bond donors (Lipinski definition) is 2. The lowest BCUT2D eigenvalue weighted by molar-refractivity contribution is 0.0781. The maximum atomic E-state index is 12.7. The number of fused-ring (bicyclic) bond motifs is 1. The van der Waals surface area contributed by atoms with Gasteiger partial charge in [0.15, 0.2) is 0 Å². The lowest BCUT2D eigenvalue weighted by atomic mass is 10.0. The van der Waals surface area contributed by atoms with Gasteiger partial charge in [-0.1, -0.05) is 6.07 Å². The highest BCUT2D eigenvalue weighted by molar-refractivity contribution is 5.96. The maximum Gasteiger partial charge on any atom is 0.257 e. The van der Waals surface area contributed by atoms with Crippen molar-refractivity contribution in [2.45, 2.75) is 26.0 Å². The number of carbonyl (C=O) groups excluding carboxylic acids is 1. The Hall–Kier alpha value is -3.85. The van der Waals surface area contributed by atoms with Crippen LogP contribution in [0.3, 0.4) is 0 Å². The van der Waals surface area contributed by atoms with Gasteiger partial charge in [-0.3, -0.25) is 9.78 Å². The zero-order valence-corrected chi connectivity index (χ0v) is 16.4. The number of aromatic nitrogens is 4. The molecule has 0 saturated carbocycles. The van der Waals surface area contributed by atoms with Crippen molar-refractivity contribution in [3.05, 3.63) is 71.7 Å². The molecule has 3 aromatic heterocycles. The Morgan fingerprint density at radius 2 is 1.97 bits per heavy atom. The summed E-state index contributed by atoms with van der Waals surface area (Å²) in [5.74, 6) is 0.265. The first kappa shape index (κ1) is 19.5. The van der Waals surface area contributed by atoms with E-state index in [-0.39, 0.29) is 23.9 Å². The second kappa shape index (κ2) is 7.88. The number of benzene rings is 1. The first-order chi connectivity index (χ1) is 14.4. The summed E-state index contributed by atoms with van der Waals surface area (Å²) < 4.78 is 10.5. The number of hydrogen-bond acceptors (Lipinski definition) is 8. The van der Waals surface area contributed by atoms with Gasteiger partial charge in [0.25, 0.3) is 5.91 Å². The highest BCUT2D eigenvalue weighted by Crippen LogP contribution is 2.25. The van der Waals surface area contributed by atoms with Crippen molar-refractivity contribution in [2.75, 3.05) is 0 Å². The van der Waals surface area contributed by atoms with Crippen molar-refractivity contribution >= 4 is 16.9 Å². The Bertz CT molecular complexity index is 1180. The number of ether oxygens (including phenoxy) is 1. The molecule has 0 atom stereocenters. The fraction of sp³-hybridized carbons (Fsp3) is 0.190. The number of nitrogens with one attached hydrogen (secondary N) is 1. The van der Waals surface area contributed by atoms with Crippen LogP contribution in [-0.4, -0.2) is 31.3 Å². The van der Waals surface area contributed by atoms with Gasteiger partial charge >= 0.3 is 0 Å². The molecule has 0 aliphatic heterocycles. The summed E-state index contributed by atoms with van der Waals surface area (Å²) in [6.45, 7) is 3.59. The van der Waals surface area contributed by atoms with Crippen molar-refractivity contribution in [3.8, 4) is 11.6 Å². The van der Waals surface area contributed by atoms with Crippen LogP contribution >= 0.6 is 0 Å². The van der Waals surface area contributed by atoms with Crippen molar-refractivity contribution in [2.24, 2.45) is 0 Å². The molecule has 152 valence electrons. The molecule has 0 bridgehead atoms. The quantitative estimate of drug-likeness (QED) is 0.502. The van der Waals surface area contributed by atoms with Crippen LogP contribution in [0.5, 0.6) is 11.6 Å². The summed E-state index contributed by atoms with van der Waals surface area (Å²) >= 11 is 0. The van der Waals surface area contributed by atoms with Gasteiger partial charge in [0.05, 0.1) is 17.8 Å². The first-order valence-electron chi connectivity index (χ1n) is 9.21. The minimum Gasteiger partial charge on any atom is -0.438 e. The molecule has 2 N–H and O–H groups in total. The van der Waals surface area contributed by atoms with E-state index in [1.165, 1.54) is 0 Å². The molecule has 0 unspecified atom stereocenters. The second-order valence-electron chi connectivity index (χ2n) is 7.15. The minimum atomic E-state index is -0.970. The molecule has 1 aromatic carbocycles. The van der Waals surface area contributed by atoms with E-state index in [4.69, 9.17) is 4.74 Å². The van der Waals surface area contributed by atoms with E-state index in [0.29, 0.717) is 28.0 Å². The smallest absolute Gasteiger partial charge is 0.257 e. The molecule has 0 radical (unpaired) electrons. The zero-order valence-electron chi connectivity index (χ0n) is 16.4. The van der Waals surface area contributed by atoms with Crippen molar-refractivity contribution in [3.63, 3.8) is 0 Å². The summed E-state index contributed by atoms with van der Waals surface area (Å²) in [6, 6.07) is 11.9. The summed E-state index contributed by atoms with van der Waals surface area (Å²) in [4.78, 5) is 21.1. The Balaban J connectivity index is 1.46. The predicted octanol–water partition coefficient (Wildman–Crippen LogP) is 2.96. The Labute approximate surface area is 171 Å². The summed E-state index contributed by atoms with van der Waals surface area (Å²) in [5.41, 5.74) is 1.80. The fourth-order valence-corrected chi connectivity index (χ4v) is 2.74. The van der Waals surface area contributed by atoms with Crippen LogP contribution in [0.25, 0.3) is 11.0 Å². The summed E-state index contributed by atoms with van der Waals surface area (Å²) in [7, 11) is 0. The molecular formula is C21H19N5O4. The minimum absolute atomic E-state index is 0.163. The SMILES string of the molecule is CC(C)(O)c1ccc(CNC(=O)c2cccnc2Oc2ccc3nonc3c2)nc1. The zero-order chi connectivity index (χ0) is 21.1. The third-order valence-electron chi connectivity index (χ3n) is 4.42. The number of carbonyl (C=O) groups is 1. The van der Waals surface area contributed by atoms with Crippen LogP contribution in [0.1, 0.15) is 35.5 Å². The molecule has 9 nitrogen and oxygen atoms in total. The second-order valence-corrected chi connectivity index (χ2v) is 7.15. The largest absolute Gasteiger partial charge is 0.438 e. The van der Waals surface area contributed by atoms with Crippen LogP contribution in [0.4, 0.5) is 0 Å². The van der Waals surface area contributed by atoms with Crippen LogP contribution in [0.15, 0.2) is 59.5 Å². The molecule has 4 aromatic rings. The number of aliphatic hydroxyl groups is 1. The van der Waals surface area contributed by atoms with E-state index < -0.39 is 5.60 Å². The summed E-state index contributed by atoms with van der Waals surface area (Å²) in [6.07, 6.45) is 3.13. The number of amides is 1. The molecule has 0 spiro atoms. The molecule has 0 aliphatic carbocycles. The van der Waals surface area contributed by atoms with Gasteiger partial charge in [0, 0.05) is 24.0 Å². The van der Waals surface area contributed by atoms with Gasteiger partial charge in [-0.05, 0) is 54.5 Å². The molecule has 9 heteroatoms. The molecule has 30 heavy (non-hydrogen) atoms. The van der Waals surface area contributed by atoms with Crippen LogP contribution in [-0.2, 0) is 12.1 Å². The fourth-order valence-electron chi connectivity index (χ4n) is 2.74. The molecular weight excluding hydrogens is 386 g/mol. The predicted molar refractivity (Wildman–Crippen MR) is 107 cm³/mol. The van der Waals surface area contributed by atoms with E-state index in [1.54, 1.807) is 68.7 Å². The molecule has 3 heterocycles. The van der Waals surface area contributed by atoms with Crippen molar-refractivity contribution in [1.29, 1.82) is 0 Å². The maximum absolute atomic E-state index is 12.7. The van der Waals surface area contributed by atoms with Gasteiger partial charge in [0.1, 0.15) is 22.3 Å². The monoisotopic (exact) mass is 405 g/mol. The third kappa shape index (κ3) is 4.26. The molecule has 1 amide bonds. The van der Waals surface area contributed by atoms with Gasteiger partial charge < -0.3 is 15.2 Å². The van der Waals surface area contributed by atoms with Crippen LogP contribution in [0.2, 0.25) is 0 Å². The Morgan fingerprint density at radius 3 is 2.73 bits per heavy atom. The lowest BCUT2D eigenvalue weighted by Gasteiger charge is -2.17. The average molecular weight is 405 g/mol. The molecule has 0 saturated heterocycles. The van der Waals surface area contributed by atoms with Crippen LogP contribution in [0, 0.1) is 0 Å². The third-order valence-corrected chi connectivity index (χ3v) is 4.42. The van der Waals surface area contributed by atoms with Crippen molar-refractivity contribution < 1.29 is 19.3 Å². The number of pyridine rings is 2. The van der Waals surface area contributed by atoms with Gasteiger partial charge in [-0.15, -0.1) is 0 Å². The highest BCUT2D eigenvalue weighted by atomic mass is 16.6. The first-order valence-corrected chi connectivity index (χ1v) is 9.21. The van der Waals surface area contributed by atoms with Crippen molar-refractivity contribution in [1.82, 2.24) is 25.6 Å². The Morgan fingerprint density at radius 1 is 1.13 bits per heavy atom. The van der Waals surface area contributed by atoms with Gasteiger partial charge in [-0.25, -0.2) is 9.61 Å². The van der Waals surface area contributed by atoms with Gasteiger partial charge in [-0.2, -0.15) is 0 Å². The van der Waals surface area contributed by atoms with E-state index in [0.717, 1.165) is 0 Å². The number of nitrogens with zero attached hydrogens (tertiary/aromatic N) is 4. The van der Waals surface area contributed by atoms with Crippen LogP contribution < -0.4 is 10.1 Å². The number of rotatable bonds is 6. The topological polar surface area (TPSA) is 123 Å². The Kier molecular flexibility index (Phi) is 5.11. The standard InChI is InChI=1S/C21H19N5O4/c1-21(2,28)13-5-6-14(23-11-13)12-24-19(27)16-4-3-9-22-20(16)29-15-7-8-17-18(10-15)26-30-25-17/h3-11,28H,12H2,1-2H3,(H,24,27). The molecule has 0 fully saturated rings. The molecule has 4 rings (SSSR count).